The molecule has 2 aromatic rings. The molecule has 1 amide bonds. The van der Waals surface area contributed by atoms with Crippen molar-refractivity contribution in [1.29, 1.82) is 0 Å². The van der Waals surface area contributed by atoms with E-state index in [1.54, 1.807) is 0 Å². The number of aromatic nitrogens is 1. The van der Waals surface area contributed by atoms with Gasteiger partial charge in [0.25, 0.3) is 0 Å². The highest BCUT2D eigenvalue weighted by atomic mass is 16.6. The number of H-pyrrole nitrogens is 1. The van der Waals surface area contributed by atoms with E-state index in [-0.39, 0.29) is 5.41 Å². The van der Waals surface area contributed by atoms with Gasteiger partial charge in [-0.3, -0.25) is 0 Å². The van der Waals surface area contributed by atoms with Crippen molar-refractivity contribution in [1.82, 2.24) is 10.3 Å². The third kappa shape index (κ3) is 3.80. The second-order valence-electron chi connectivity index (χ2n) is 6.90. The molecule has 1 aromatic heterocycles. The SMILES string of the molecule is CC(C)(C)OC(=O)NCC(C)(CN)c1ccc2cc[nH]c2c1. The number of alkyl carbamates (subject to hydrolysis) is 1. The standard InChI is InChI=1S/C17H25N3O2/c1-16(2,3)22-15(21)20-11-17(4,10-18)13-6-5-12-7-8-19-14(12)9-13/h5-9,19H,10-11,18H2,1-4H3,(H,20,21). The minimum absolute atomic E-state index is 0.351. The minimum Gasteiger partial charge on any atom is -0.444 e. The van der Waals surface area contributed by atoms with Crippen LogP contribution in [0, 0.1) is 0 Å². The lowest BCUT2D eigenvalue weighted by molar-refractivity contribution is 0.0516. The number of fused-ring (bicyclic) bond motifs is 1. The molecule has 0 aliphatic heterocycles. The molecule has 120 valence electrons. The molecular formula is C17H25N3O2. The molecule has 0 radical (unpaired) electrons. The van der Waals surface area contributed by atoms with Gasteiger partial charge in [0.2, 0.25) is 0 Å². The smallest absolute Gasteiger partial charge is 0.407 e. The van der Waals surface area contributed by atoms with Crippen molar-refractivity contribution in [2.75, 3.05) is 13.1 Å². The van der Waals surface area contributed by atoms with Gasteiger partial charge in [0.1, 0.15) is 5.60 Å². The second-order valence-corrected chi connectivity index (χ2v) is 6.90. The number of hydrogen-bond donors (Lipinski definition) is 3. The molecule has 0 saturated carbocycles. The topological polar surface area (TPSA) is 80.1 Å². The summed E-state index contributed by atoms with van der Waals surface area (Å²) in [4.78, 5) is 15.0. The van der Waals surface area contributed by atoms with Crippen LogP contribution in [0.1, 0.15) is 33.3 Å². The lowest BCUT2D eigenvalue weighted by Crippen LogP contribution is -2.45. The Kier molecular flexibility index (Phi) is 4.47. The average molecular weight is 303 g/mol. The number of nitrogens with one attached hydrogen (secondary N) is 2. The lowest BCUT2D eigenvalue weighted by atomic mass is 9.82. The molecule has 0 bridgehead atoms. The summed E-state index contributed by atoms with van der Waals surface area (Å²) in [6.45, 7) is 8.41. The normalized spacial score (nSPS) is 14.6. The van der Waals surface area contributed by atoms with Crippen LogP contribution in [0.15, 0.2) is 30.5 Å². The number of ether oxygens (including phenoxy) is 1. The summed E-state index contributed by atoms with van der Waals surface area (Å²) in [6, 6.07) is 8.22. The molecule has 22 heavy (non-hydrogen) atoms. The number of carbonyl (C=O) groups is 1. The van der Waals surface area contributed by atoms with Gasteiger partial charge in [-0.15, -0.1) is 0 Å². The summed E-state index contributed by atoms with van der Waals surface area (Å²) < 4.78 is 5.27. The van der Waals surface area contributed by atoms with Gasteiger partial charge in [0, 0.05) is 30.2 Å². The number of benzene rings is 1. The summed E-state index contributed by atoms with van der Waals surface area (Å²) in [5.74, 6) is 0. The number of amides is 1. The number of rotatable bonds is 4. The largest absolute Gasteiger partial charge is 0.444 e. The van der Waals surface area contributed by atoms with Crippen LogP contribution in [0.25, 0.3) is 10.9 Å². The van der Waals surface area contributed by atoms with Crippen LogP contribution in [0.5, 0.6) is 0 Å². The van der Waals surface area contributed by atoms with E-state index >= 15 is 0 Å². The quantitative estimate of drug-likeness (QED) is 0.812. The van der Waals surface area contributed by atoms with Crippen LogP contribution < -0.4 is 11.1 Å². The van der Waals surface area contributed by atoms with Crippen molar-refractivity contribution in [3.05, 3.63) is 36.0 Å². The Morgan fingerprint density at radius 1 is 1.27 bits per heavy atom. The average Bonchev–Trinajstić information content (AvgIpc) is 2.90. The summed E-state index contributed by atoms with van der Waals surface area (Å²) in [6.07, 6.45) is 1.49. The van der Waals surface area contributed by atoms with E-state index in [4.69, 9.17) is 10.5 Å². The van der Waals surface area contributed by atoms with Gasteiger partial charge in [0.15, 0.2) is 0 Å². The molecule has 1 unspecified atom stereocenters. The van der Waals surface area contributed by atoms with E-state index < -0.39 is 11.7 Å². The zero-order valence-corrected chi connectivity index (χ0v) is 13.7. The Morgan fingerprint density at radius 3 is 2.64 bits per heavy atom. The summed E-state index contributed by atoms with van der Waals surface area (Å²) in [7, 11) is 0. The summed E-state index contributed by atoms with van der Waals surface area (Å²) in [5, 5.41) is 3.98. The fourth-order valence-electron chi connectivity index (χ4n) is 2.30. The van der Waals surface area contributed by atoms with Gasteiger partial charge in [-0.1, -0.05) is 19.1 Å². The van der Waals surface area contributed by atoms with Crippen LogP contribution in [0.2, 0.25) is 0 Å². The molecule has 1 atom stereocenters. The fraction of sp³-hybridized carbons (Fsp3) is 0.471. The highest BCUT2D eigenvalue weighted by molar-refractivity contribution is 5.80. The highest BCUT2D eigenvalue weighted by Crippen LogP contribution is 2.25. The summed E-state index contributed by atoms with van der Waals surface area (Å²) >= 11 is 0. The first-order chi connectivity index (χ1) is 10.2. The van der Waals surface area contributed by atoms with Crippen molar-refractivity contribution in [2.45, 2.75) is 38.7 Å². The Labute approximate surface area is 131 Å². The molecule has 1 heterocycles. The second kappa shape index (κ2) is 6.01. The predicted octanol–water partition coefficient (Wildman–Crippen LogP) is 2.91. The first-order valence-corrected chi connectivity index (χ1v) is 7.48. The van der Waals surface area contributed by atoms with Crippen LogP contribution in [0.3, 0.4) is 0 Å². The molecule has 0 aliphatic rings. The number of carbonyl (C=O) groups excluding carboxylic acids is 1. The highest BCUT2D eigenvalue weighted by Gasteiger charge is 2.27. The maximum Gasteiger partial charge on any atom is 0.407 e. The van der Waals surface area contributed by atoms with Gasteiger partial charge >= 0.3 is 6.09 Å². The third-order valence-electron chi connectivity index (χ3n) is 3.72. The van der Waals surface area contributed by atoms with Crippen molar-refractivity contribution in [3.8, 4) is 0 Å². The molecule has 0 spiro atoms. The number of nitrogens with two attached hydrogens (primary N) is 1. The van der Waals surface area contributed by atoms with E-state index in [0.717, 1.165) is 16.5 Å². The van der Waals surface area contributed by atoms with Crippen LogP contribution >= 0.6 is 0 Å². The van der Waals surface area contributed by atoms with Crippen LogP contribution in [-0.4, -0.2) is 29.8 Å². The van der Waals surface area contributed by atoms with E-state index in [2.05, 4.69) is 28.5 Å². The number of hydrogen-bond acceptors (Lipinski definition) is 3. The van der Waals surface area contributed by atoms with Crippen molar-refractivity contribution >= 4 is 17.0 Å². The summed E-state index contributed by atoms with van der Waals surface area (Å²) in [5.41, 5.74) is 7.26. The maximum absolute atomic E-state index is 11.8. The van der Waals surface area contributed by atoms with Crippen molar-refractivity contribution < 1.29 is 9.53 Å². The molecule has 5 nitrogen and oxygen atoms in total. The zero-order valence-electron chi connectivity index (χ0n) is 13.7. The molecule has 5 heteroatoms. The van der Waals surface area contributed by atoms with Crippen molar-refractivity contribution in [3.63, 3.8) is 0 Å². The molecular weight excluding hydrogens is 278 g/mol. The fourth-order valence-corrected chi connectivity index (χ4v) is 2.30. The van der Waals surface area contributed by atoms with E-state index in [0.29, 0.717) is 13.1 Å². The van der Waals surface area contributed by atoms with Crippen LogP contribution in [0.4, 0.5) is 4.79 Å². The lowest BCUT2D eigenvalue weighted by Gasteiger charge is -2.29. The molecule has 0 saturated heterocycles. The maximum atomic E-state index is 11.8. The Balaban J connectivity index is 2.12. The number of aromatic amines is 1. The Hall–Kier alpha value is -2.01. The molecule has 0 fully saturated rings. The van der Waals surface area contributed by atoms with Crippen molar-refractivity contribution in [2.24, 2.45) is 5.73 Å². The van der Waals surface area contributed by atoms with Gasteiger partial charge in [-0.2, -0.15) is 0 Å². The Morgan fingerprint density at radius 2 is 2.00 bits per heavy atom. The minimum atomic E-state index is -0.508. The predicted molar refractivity (Wildman–Crippen MR) is 88.9 cm³/mol. The van der Waals surface area contributed by atoms with Gasteiger partial charge in [-0.25, -0.2) is 4.79 Å². The van der Waals surface area contributed by atoms with Crippen LogP contribution in [-0.2, 0) is 10.2 Å². The first kappa shape index (κ1) is 16.4. The van der Waals surface area contributed by atoms with Gasteiger partial charge < -0.3 is 20.8 Å². The monoisotopic (exact) mass is 303 g/mol. The molecule has 4 N–H and O–H groups in total. The van der Waals surface area contributed by atoms with Gasteiger partial charge in [-0.05, 0) is 43.9 Å². The van der Waals surface area contributed by atoms with E-state index in [1.165, 1.54) is 0 Å². The zero-order chi connectivity index (χ0) is 16.4. The molecule has 0 aliphatic carbocycles. The Bertz CT molecular complexity index is 657. The van der Waals surface area contributed by atoms with E-state index in [9.17, 15) is 4.79 Å². The molecule has 1 aromatic carbocycles. The first-order valence-electron chi connectivity index (χ1n) is 7.48. The van der Waals surface area contributed by atoms with Gasteiger partial charge in [0.05, 0.1) is 0 Å². The third-order valence-corrected chi connectivity index (χ3v) is 3.72. The van der Waals surface area contributed by atoms with E-state index in [1.807, 2.05) is 40.0 Å². The molecule has 2 rings (SSSR count).